The standard InChI is InChI=1S/C18H23N3O2S/c1-20-10-8-14(9-11-20)12-19-13-15-6-7-18(24-15)16-4-2-3-5-17(16)21(22)23/h2-7,14,19H,8-13H2,1H3. The van der Waals surface area contributed by atoms with Gasteiger partial charge in [0.2, 0.25) is 0 Å². The SMILES string of the molecule is CN1CCC(CNCc2ccc(-c3ccccc3[N+](=O)[O-])s2)CC1. The highest BCUT2D eigenvalue weighted by Gasteiger charge is 2.17. The minimum Gasteiger partial charge on any atom is -0.312 e. The van der Waals surface area contributed by atoms with Crippen molar-refractivity contribution in [2.45, 2.75) is 19.4 Å². The lowest BCUT2D eigenvalue weighted by Gasteiger charge is -2.28. The Kier molecular flexibility index (Phi) is 5.60. The van der Waals surface area contributed by atoms with Crippen LogP contribution in [0.2, 0.25) is 0 Å². The molecule has 1 aromatic carbocycles. The first kappa shape index (κ1) is 17.1. The highest BCUT2D eigenvalue weighted by atomic mass is 32.1. The Morgan fingerprint density at radius 1 is 1.25 bits per heavy atom. The molecular formula is C18H23N3O2S. The average molecular weight is 345 g/mol. The largest absolute Gasteiger partial charge is 0.312 e. The zero-order valence-electron chi connectivity index (χ0n) is 13.9. The van der Waals surface area contributed by atoms with Crippen LogP contribution in [0.4, 0.5) is 5.69 Å². The number of nitro groups is 1. The summed E-state index contributed by atoms with van der Waals surface area (Å²) < 4.78 is 0. The van der Waals surface area contributed by atoms with E-state index >= 15 is 0 Å². The predicted molar refractivity (Wildman–Crippen MR) is 98.3 cm³/mol. The Morgan fingerprint density at radius 3 is 2.75 bits per heavy atom. The molecule has 0 spiro atoms. The molecule has 0 bridgehead atoms. The number of hydrogen-bond donors (Lipinski definition) is 1. The van der Waals surface area contributed by atoms with Crippen molar-refractivity contribution in [1.29, 1.82) is 0 Å². The third kappa shape index (κ3) is 4.20. The van der Waals surface area contributed by atoms with Crippen LogP contribution >= 0.6 is 11.3 Å². The zero-order chi connectivity index (χ0) is 16.9. The smallest absolute Gasteiger partial charge is 0.278 e. The molecule has 1 saturated heterocycles. The molecule has 0 aliphatic carbocycles. The molecular weight excluding hydrogens is 322 g/mol. The van der Waals surface area contributed by atoms with Crippen molar-refractivity contribution in [2.24, 2.45) is 5.92 Å². The normalized spacial score (nSPS) is 16.4. The first-order valence-corrected chi connectivity index (χ1v) is 9.17. The molecule has 5 nitrogen and oxygen atoms in total. The van der Waals surface area contributed by atoms with Gasteiger partial charge in [-0.2, -0.15) is 0 Å². The molecule has 1 aliphatic rings. The third-order valence-corrected chi connectivity index (χ3v) is 5.72. The minimum absolute atomic E-state index is 0.171. The number of benzene rings is 1. The van der Waals surface area contributed by atoms with Crippen LogP contribution in [0.3, 0.4) is 0 Å². The van der Waals surface area contributed by atoms with Crippen LogP contribution in [-0.2, 0) is 6.54 Å². The Balaban J connectivity index is 1.57. The summed E-state index contributed by atoms with van der Waals surface area (Å²) in [7, 11) is 2.18. The number of thiophene rings is 1. The number of nitro benzene ring substituents is 1. The van der Waals surface area contributed by atoms with Gasteiger partial charge in [0.15, 0.2) is 0 Å². The van der Waals surface area contributed by atoms with Gasteiger partial charge in [0.1, 0.15) is 0 Å². The second-order valence-electron chi connectivity index (χ2n) is 6.42. The Bertz CT molecular complexity index is 693. The van der Waals surface area contributed by atoms with E-state index in [2.05, 4.69) is 23.3 Å². The maximum absolute atomic E-state index is 11.2. The van der Waals surface area contributed by atoms with Crippen LogP contribution in [0.5, 0.6) is 0 Å². The molecule has 1 aliphatic heterocycles. The average Bonchev–Trinajstić information content (AvgIpc) is 3.05. The molecule has 0 unspecified atom stereocenters. The van der Waals surface area contributed by atoms with Crippen molar-refractivity contribution < 1.29 is 4.92 Å². The molecule has 2 heterocycles. The fourth-order valence-corrected chi connectivity index (χ4v) is 4.14. The van der Waals surface area contributed by atoms with Crippen molar-refractivity contribution in [3.63, 3.8) is 0 Å². The fraction of sp³-hybridized carbons (Fsp3) is 0.444. The molecule has 1 N–H and O–H groups in total. The van der Waals surface area contributed by atoms with E-state index in [1.807, 2.05) is 18.2 Å². The van der Waals surface area contributed by atoms with Crippen LogP contribution in [0, 0.1) is 16.0 Å². The van der Waals surface area contributed by atoms with E-state index in [0.29, 0.717) is 5.56 Å². The minimum atomic E-state index is -0.312. The van der Waals surface area contributed by atoms with Crippen molar-refractivity contribution in [3.05, 3.63) is 51.4 Å². The van der Waals surface area contributed by atoms with Crippen LogP contribution < -0.4 is 5.32 Å². The van der Waals surface area contributed by atoms with Gasteiger partial charge in [0.25, 0.3) is 5.69 Å². The van der Waals surface area contributed by atoms with Crippen molar-refractivity contribution in [1.82, 2.24) is 10.2 Å². The molecule has 24 heavy (non-hydrogen) atoms. The Hall–Kier alpha value is -1.76. The summed E-state index contributed by atoms with van der Waals surface area (Å²) in [6.45, 7) is 4.25. The fourth-order valence-electron chi connectivity index (χ4n) is 3.12. The topological polar surface area (TPSA) is 58.4 Å². The van der Waals surface area contributed by atoms with Gasteiger partial charge in [-0.15, -0.1) is 11.3 Å². The van der Waals surface area contributed by atoms with E-state index in [4.69, 9.17) is 0 Å². The molecule has 1 aromatic heterocycles. The molecule has 128 valence electrons. The molecule has 2 aromatic rings. The molecule has 0 atom stereocenters. The number of rotatable bonds is 6. The van der Waals surface area contributed by atoms with Gasteiger partial charge in [0, 0.05) is 22.4 Å². The maximum Gasteiger partial charge on any atom is 0.278 e. The lowest BCUT2D eigenvalue weighted by atomic mass is 9.97. The summed E-state index contributed by atoms with van der Waals surface area (Å²) in [5, 5.41) is 14.7. The van der Waals surface area contributed by atoms with Crippen LogP contribution in [0.1, 0.15) is 17.7 Å². The van der Waals surface area contributed by atoms with E-state index in [-0.39, 0.29) is 10.6 Å². The van der Waals surface area contributed by atoms with Gasteiger partial charge < -0.3 is 10.2 Å². The molecule has 1 fully saturated rings. The molecule has 0 amide bonds. The molecule has 0 saturated carbocycles. The highest BCUT2D eigenvalue weighted by molar-refractivity contribution is 7.15. The lowest BCUT2D eigenvalue weighted by molar-refractivity contribution is -0.384. The second kappa shape index (κ2) is 7.88. The molecule has 0 radical (unpaired) electrons. The van der Waals surface area contributed by atoms with Crippen molar-refractivity contribution >= 4 is 17.0 Å². The van der Waals surface area contributed by atoms with Gasteiger partial charge >= 0.3 is 0 Å². The summed E-state index contributed by atoms with van der Waals surface area (Å²) >= 11 is 1.63. The number of nitrogens with zero attached hydrogens (tertiary/aromatic N) is 2. The van der Waals surface area contributed by atoms with E-state index < -0.39 is 0 Å². The summed E-state index contributed by atoms with van der Waals surface area (Å²) in [6, 6.07) is 11.0. The highest BCUT2D eigenvalue weighted by Crippen LogP contribution is 2.34. The van der Waals surface area contributed by atoms with E-state index in [0.717, 1.165) is 23.9 Å². The van der Waals surface area contributed by atoms with Gasteiger partial charge in [-0.1, -0.05) is 12.1 Å². The molecule has 3 rings (SSSR count). The summed E-state index contributed by atoms with van der Waals surface area (Å²) in [5.41, 5.74) is 0.874. The van der Waals surface area contributed by atoms with Gasteiger partial charge in [-0.25, -0.2) is 0 Å². The van der Waals surface area contributed by atoms with Crippen LogP contribution in [-0.4, -0.2) is 36.5 Å². The summed E-state index contributed by atoms with van der Waals surface area (Å²) in [4.78, 5) is 15.4. The number of hydrogen-bond acceptors (Lipinski definition) is 5. The van der Waals surface area contributed by atoms with Gasteiger partial charge in [0.05, 0.1) is 10.5 Å². The lowest BCUT2D eigenvalue weighted by Crippen LogP contribution is -2.34. The van der Waals surface area contributed by atoms with E-state index in [1.165, 1.54) is 30.8 Å². The zero-order valence-corrected chi connectivity index (χ0v) is 14.7. The predicted octanol–water partition coefficient (Wildman–Crippen LogP) is 3.75. The van der Waals surface area contributed by atoms with E-state index in [9.17, 15) is 10.1 Å². The van der Waals surface area contributed by atoms with Crippen molar-refractivity contribution in [3.8, 4) is 10.4 Å². The first-order chi connectivity index (χ1) is 11.6. The number of nitrogens with one attached hydrogen (secondary N) is 1. The Morgan fingerprint density at radius 2 is 2.00 bits per heavy atom. The van der Waals surface area contributed by atoms with Crippen molar-refractivity contribution in [2.75, 3.05) is 26.7 Å². The van der Waals surface area contributed by atoms with Crippen LogP contribution in [0.15, 0.2) is 36.4 Å². The van der Waals surface area contributed by atoms with E-state index in [1.54, 1.807) is 23.5 Å². The quantitative estimate of drug-likeness (QED) is 0.640. The third-order valence-electron chi connectivity index (χ3n) is 4.60. The maximum atomic E-state index is 11.2. The number of para-hydroxylation sites is 1. The molecule has 6 heteroatoms. The van der Waals surface area contributed by atoms with Gasteiger partial charge in [-0.3, -0.25) is 10.1 Å². The first-order valence-electron chi connectivity index (χ1n) is 8.35. The summed E-state index contributed by atoms with van der Waals surface area (Å²) in [5.74, 6) is 0.760. The Labute approximate surface area is 146 Å². The van der Waals surface area contributed by atoms with Crippen LogP contribution in [0.25, 0.3) is 10.4 Å². The summed E-state index contributed by atoms with van der Waals surface area (Å²) in [6.07, 6.45) is 2.52. The number of piperidine rings is 1. The second-order valence-corrected chi connectivity index (χ2v) is 7.59. The monoisotopic (exact) mass is 345 g/mol. The number of likely N-dealkylation sites (tertiary alicyclic amines) is 1. The van der Waals surface area contributed by atoms with Gasteiger partial charge in [-0.05, 0) is 63.6 Å².